The summed E-state index contributed by atoms with van der Waals surface area (Å²) in [4.78, 5) is 12.3. The highest BCUT2D eigenvalue weighted by molar-refractivity contribution is 7.91. The first-order valence-electron chi connectivity index (χ1n) is 7.63. The van der Waals surface area contributed by atoms with Crippen LogP contribution in [0.15, 0.2) is 59.5 Å². The summed E-state index contributed by atoms with van der Waals surface area (Å²) in [7, 11) is -3.89. The maximum atomic E-state index is 13.0. The van der Waals surface area contributed by atoms with E-state index in [9.17, 15) is 13.2 Å². The minimum atomic E-state index is -3.89. The van der Waals surface area contributed by atoms with Crippen LogP contribution in [-0.2, 0) is 14.6 Å². The molecule has 1 unspecified atom stereocenters. The Hall–Kier alpha value is -2.05. The normalized spacial score (nSPS) is 13.1. The van der Waals surface area contributed by atoms with E-state index in [4.69, 9.17) is 16.3 Å². The Morgan fingerprint density at radius 3 is 2.28 bits per heavy atom. The summed E-state index contributed by atoms with van der Waals surface area (Å²) in [5.41, 5.74) is -0.401. The van der Waals surface area contributed by atoms with Crippen LogP contribution >= 0.6 is 11.6 Å². The number of carbonyl (C=O) groups excluding carboxylic acids is 1. The number of ether oxygens (including phenoxy) is 1. The highest BCUT2D eigenvalue weighted by Gasteiger charge is 2.32. The van der Waals surface area contributed by atoms with Crippen molar-refractivity contribution in [2.24, 2.45) is 0 Å². The van der Waals surface area contributed by atoms with E-state index in [1.807, 2.05) is 0 Å². The van der Waals surface area contributed by atoms with Gasteiger partial charge in [-0.05, 0) is 50.6 Å². The second kappa shape index (κ2) is 7.45. The van der Waals surface area contributed by atoms with Gasteiger partial charge in [0.25, 0.3) is 0 Å². The molecule has 0 heterocycles. The maximum Gasteiger partial charge on any atom is 0.408 e. The smallest absolute Gasteiger partial charge is 0.408 e. The minimum absolute atomic E-state index is 0.0936. The molecule has 0 saturated carbocycles. The summed E-state index contributed by atoms with van der Waals surface area (Å²) >= 11 is 5.99. The summed E-state index contributed by atoms with van der Waals surface area (Å²) in [6.07, 6.45) is -0.822. The number of sulfone groups is 1. The Morgan fingerprint density at radius 1 is 1.08 bits per heavy atom. The van der Waals surface area contributed by atoms with Crippen LogP contribution in [0.5, 0.6) is 0 Å². The first kappa shape index (κ1) is 19.3. The fourth-order valence-corrected chi connectivity index (χ4v) is 3.93. The van der Waals surface area contributed by atoms with Gasteiger partial charge in [0.1, 0.15) is 5.60 Å². The quantitative estimate of drug-likeness (QED) is 0.855. The zero-order valence-corrected chi connectivity index (χ0v) is 15.8. The number of rotatable bonds is 4. The molecular weight excluding hydrogens is 362 g/mol. The number of hydrogen-bond acceptors (Lipinski definition) is 4. The van der Waals surface area contributed by atoms with E-state index in [-0.39, 0.29) is 4.90 Å². The molecule has 0 fully saturated rings. The summed E-state index contributed by atoms with van der Waals surface area (Å²) in [6, 6.07) is 14.3. The van der Waals surface area contributed by atoms with Crippen LogP contribution < -0.4 is 5.32 Å². The molecule has 0 saturated heterocycles. The lowest BCUT2D eigenvalue weighted by Crippen LogP contribution is -2.38. The average molecular weight is 382 g/mol. The Labute approximate surface area is 152 Å². The van der Waals surface area contributed by atoms with Crippen molar-refractivity contribution in [3.05, 3.63) is 65.2 Å². The topological polar surface area (TPSA) is 72.5 Å². The predicted octanol–water partition coefficient (Wildman–Crippen LogP) is 4.34. The van der Waals surface area contributed by atoms with E-state index < -0.39 is 26.9 Å². The maximum absolute atomic E-state index is 13.0. The van der Waals surface area contributed by atoms with Crippen molar-refractivity contribution in [2.45, 2.75) is 36.6 Å². The average Bonchev–Trinajstić information content (AvgIpc) is 2.51. The van der Waals surface area contributed by atoms with Gasteiger partial charge in [0, 0.05) is 5.02 Å². The molecule has 0 spiro atoms. The Bertz CT molecular complexity index is 845. The van der Waals surface area contributed by atoms with Crippen molar-refractivity contribution in [3.8, 4) is 0 Å². The monoisotopic (exact) mass is 381 g/mol. The molecule has 0 aliphatic heterocycles. The molecule has 134 valence electrons. The van der Waals surface area contributed by atoms with E-state index in [2.05, 4.69) is 5.32 Å². The predicted molar refractivity (Wildman–Crippen MR) is 97.2 cm³/mol. The molecule has 1 atom stereocenters. The number of nitrogens with one attached hydrogen (secondary N) is 1. The largest absolute Gasteiger partial charge is 0.444 e. The van der Waals surface area contributed by atoms with E-state index in [1.165, 1.54) is 18.2 Å². The Balaban J connectivity index is 2.44. The molecule has 1 N–H and O–H groups in total. The zero-order valence-electron chi connectivity index (χ0n) is 14.2. The van der Waals surface area contributed by atoms with Gasteiger partial charge in [0.05, 0.1) is 4.90 Å². The molecule has 0 bridgehead atoms. The Kier molecular flexibility index (Phi) is 5.75. The number of amides is 1. The van der Waals surface area contributed by atoms with Crippen LogP contribution in [0.25, 0.3) is 0 Å². The van der Waals surface area contributed by atoms with E-state index in [0.717, 1.165) is 0 Å². The molecule has 5 nitrogen and oxygen atoms in total. The first-order valence-corrected chi connectivity index (χ1v) is 9.56. The van der Waals surface area contributed by atoms with Gasteiger partial charge in [-0.15, -0.1) is 0 Å². The molecule has 0 radical (unpaired) electrons. The van der Waals surface area contributed by atoms with Crippen molar-refractivity contribution in [1.29, 1.82) is 0 Å². The molecule has 0 aliphatic rings. The zero-order chi connectivity index (χ0) is 18.7. The molecule has 25 heavy (non-hydrogen) atoms. The third-order valence-corrected chi connectivity index (χ3v) is 5.36. The summed E-state index contributed by atoms with van der Waals surface area (Å²) in [5, 5.41) is 1.50. The van der Waals surface area contributed by atoms with Gasteiger partial charge in [-0.25, -0.2) is 13.2 Å². The van der Waals surface area contributed by atoms with Gasteiger partial charge in [0.2, 0.25) is 9.84 Å². The summed E-state index contributed by atoms with van der Waals surface area (Å²) in [6.45, 7) is 5.10. The molecule has 7 heteroatoms. The highest BCUT2D eigenvalue weighted by Crippen LogP contribution is 2.28. The molecule has 2 rings (SSSR count). The van der Waals surface area contributed by atoms with Crippen LogP contribution in [0, 0.1) is 0 Å². The van der Waals surface area contributed by atoms with Gasteiger partial charge >= 0.3 is 6.09 Å². The highest BCUT2D eigenvalue weighted by atomic mass is 35.5. The van der Waals surface area contributed by atoms with E-state index in [0.29, 0.717) is 10.6 Å². The first-order chi connectivity index (χ1) is 11.6. The van der Waals surface area contributed by atoms with Crippen LogP contribution in [0.1, 0.15) is 31.7 Å². The number of benzene rings is 2. The van der Waals surface area contributed by atoms with Crippen LogP contribution in [0.3, 0.4) is 0 Å². The molecule has 0 aromatic heterocycles. The second-order valence-electron chi connectivity index (χ2n) is 6.44. The van der Waals surface area contributed by atoms with Crippen molar-refractivity contribution in [1.82, 2.24) is 5.32 Å². The molecule has 2 aromatic carbocycles. The van der Waals surface area contributed by atoms with Gasteiger partial charge in [0.15, 0.2) is 5.37 Å². The molecule has 0 aliphatic carbocycles. The van der Waals surface area contributed by atoms with Gasteiger partial charge < -0.3 is 10.1 Å². The van der Waals surface area contributed by atoms with Gasteiger partial charge in [-0.3, -0.25) is 0 Å². The number of alkyl carbamates (subject to hydrolysis) is 1. The van der Waals surface area contributed by atoms with Crippen molar-refractivity contribution in [2.75, 3.05) is 0 Å². The van der Waals surface area contributed by atoms with Crippen LogP contribution in [0.4, 0.5) is 4.79 Å². The Morgan fingerprint density at radius 2 is 1.72 bits per heavy atom. The molecule has 1 amide bonds. The standard InChI is InChI=1S/C18H20ClNO4S/c1-18(2,3)24-17(21)20-16(13-8-7-9-14(19)12-13)25(22,23)15-10-5-4-6-11-15/h4-12,16H,1-3H3,(H,20,21). The molecule has 2 aromatic rings. The van der Waals surface area contributed by atoms with E-state index in [1.54, 1.807) is 57.2 Å². The van der Waals surface area contributed by atoms with Crippen LogP contribution in [-0.4, -0.2) is 20.1 Å². The number of hydrogen-bond donors (Lipinski definition) is 1. The second-order valence-corrected chi connectivity index (χ2v) is 8.91. The lowest BCUT2D eigenvalue weighted by atomic mass is 10.2. The lowest BCUT2D eigenvalue weighted by molar-refractivity contribution is 0.0519. The number of halogens is 1. The van der Waals surface area contributed by atoms with Gasteiger partial charge in [-0.1, -0.05) is 41.9 Å². The van der Waals surface area contributed by atoms with Crippen molar-refractivity contribution < 1.29 is 17.9 Å². The van der Waals surface area contributed by atoms with Crippen molar-refractivity contribution >= 4 is 27.5 Å². The summed E-state index contributed by atoms with van der Waals surface area (Å²) in [5.74, 6) is 0. The fraction of sp³-hybridized carbons (Fsp3) is 0.278. The SMILES string of the molecule is CC(C)(C)OC(=O)NC(c1cccc(Cl)c1)S(=O)(=O)c1ccccc1. The lowest BCUT2D eigenvalue weighted by Gasteiger charge is -2.24. The molecular formula is C18H20ClNO4S. The summed E-state index contributed by atoms with van der Waals surface area (Å²) < 4.78 is 31.3. The fourth-order valence-electron chi connectivity index (χ4n) is 2.17. The van der Waals surface area contributed by atoms with Gasteiger partial charge in [-0.2, -0.15) is 0 Å². The third kappa shape index (κ3) is 5.21. The van der Waals surface area contributed by atoms with Crippen molar-refractivity contribution in [3.63, 3.8) is 0 Å². The third-order valence-electron chi connectivity index (χ3n) is 3.18. The minimum Gasteiger partial charge on any atom is -0.444 e. The van der Waals surface area contributed by atoms with Crippen LogP contribution in [0.2, 0.25) is 5.02 Å². The van der Waals surface area contributed by atoms with E-state index >= 15 is 0 Å². The number of carbonyl (C=O) groups is 1.